The van der Waals surface area contributed by atoms with E-state index < -0.39 is 5.97 Å². The minimum absolute atomic E-state index is 0.0165. The van der Waals surface area contributed by atoms with Crippen LogP contribution >= 0.6 is 27.7 Å². The molecule has 1 aliphatic heterocycles. The van der Waals surface area contributed by atoms with Gasteiger partial charge in [-0.05, 0) is 49.7 Å². The Morgan fingerprint density at radius 3 is 2.71 bits per heavy atom. The van der Waals surface area contributed by atoms with Crippen molar-refractivity contribution < 1.29 is 14.3 Å². The highest BCUT2D eigenvalue weighted by molar-refractivity contribution is 9.10. The molecule has 160 valence electrons. The maximum absolute atomic E-state index is 12.9. The zero-order valence-corrected chi connectivity index (χ0v) is 19.5. The van der Waals surface area contributed by atoms with Crippen LogP contribution in [0.25, 0.3) is 10.9 Å². The molecule has 1 saturated heterocycles. The Kier molecular flexibility index (Phi) is 6.20. The second-order valence-electron chi connectivity index (χ2n) is 7.06. The number of rotatable bonds is 5. The molecule has 2 aromatic carbocycles. The van der Waals surface area contributed by atoms with Crippen LogP contribution in [0.3, 0.4) is 0 Å². The molecule has 2 heterocycles. The van der Waals surface area contributed by atoms with Crippen molar-refractivity contribution in [2.24, 2.45) is 0 Å². The number of nitrogens with zero attached hydrogens (tertiary/aromatic N) is 2. The van der Waals surface area contributed by atoms with Gasteiger partial charge < -0.3 is 9.30 Å². The van der Waals surface area contributed by atoms with Crippen molar-refractivity contribution in [2.45, 2.75) is 25.8 Å². The molecule has 31 heavy (non-hydrogen) atoms. The van der Waals surface area contributed by atoms with E-state index in [1.807, 2.05) is 41.8 Å². The van der Waals surface area contributed by atoms with Crippen LogP contribution in [0.1, 0.15) is 35.1 Å². The number of amides is 1. The number of benzene rings is 2. The van der Waals surface area contributed by atoms with E-state index >= 15 is 0 Å². The Labute approximate surface area is 192 Å². The van der Waals surface area contributed by atoms with Crippen molar-refractivity contribution in [3.05, 3.63) is 74.5 Å². The molecule has 1 fully saturated rings. The summed E-state index contributed by atoms with van der Waals surface area (Å²) in [4.78, 5) is 39.7. The van der Waals surface area contributed by atoms with E-state index in [-0.39, 0.29) is 28.9 Å². The van der Waals surface area contributed by atoms with Gasteiger partial charge in [-0.15, -0.1) is 11.8 Å². The van der Waals surface area contributed by atoms with Crippen LogP contribution in [-0.4, -0.2) is 28.8 Å². The number of carbonyl (C=O) groups is 2. The summed E-state index contributed by atoms with van der Waals surface area (Å²) in [5, 5.41) is 0.275. The summed E-state index contributed by atoms with van der Waals surface area (Å²) >= 11 is 5.07. The third-order valence-electron chi connectivity index (χ3n) is 5.18. The number of fused-ring (bicyclic) bond motifs is 1. The number of pyridine rings is 1. The highest BCUT2D eigenvalue weighted by Crippen LogP contribution is 2.42. The smallest absolute Gasteiger partial charge is 0.343 e. The van der Waals surface area contributed by atoms with Gasteiger partial charge in [-0.1, -0.05) is 28.1 Å². The van der Waals surface area contributed by atoms with Gasteiger partial charge in [0, 0.05) is 28.3 Å². The second-order valence-corrected chi connectivity index (χ2v) is 9.05. The molecule has 6 nitrogen and oxygen atoms in total. The number of anilines is 1. The van der Waals surface area contributed by atoms with E-state index in [0.29, 0.717) is 23.2 Å². The van der Waals surface area contributed by atoms with Gasteiger partial charge in [-0.2, -0.15) is 0 Å². The quantitative estimate of drug-likeness (QED) is 0.473. The third kappa shape index (κ3) is 4.02. The van der Waals surface area contributed by atoms with Crippen molar-refractivity contribution in [1.82, 2.24) is 4.57 Å². The molecule has 0 spiro atoms. The number of esters is 1. The van der Waals surface area contributed by atoms with Crippen LogP contribution in [0.2, 0.25) is 0 Å². The van der Waals surface area contributed by atoms with E-state index in [0.717, 1.165) is 15.7 Å². The summed E-state index contributed by atoms with van der Waals surface area (Å²) in [6.45, 7) is 4.40. The lowest BCUT2D eigenvalue weighted by molar-refractivity contribution is -0.115. The predicted molar refractivity (Wildman–Crippen MR) is 127 cm³/mol. The Balaban J connectivity index is 1.83. The molecule has 4 rings (SSSR count). The maximum atomic E-state index is 12.9. The minimum atomic E-state index is -0.624. The maximum Gasteiger partial charge on any atom is 0.343 e. The summed E-state index contributed by atoms with van der Waals surface area (Å²) in [6.07, 6.45) is 1.54. The molecule has 0 bridgehead atoms. The molecule has 0 radical (unpaired) electrons. The molecule has 1 aliphatic rings. The lowest BCUT2D eigenvalue weighted by Crippen LogP contribution is -2.28. The van der Waals surface area contributed by atoms with E-state index in [2.05, 4.69) is 15.9 Å². The summed E-state index contributed by atoms with van der Waals surface area (Å²) in [6, 6.07) is 13.2. The molecule has 1 aromatic heterocycles. The lowest BCUT2D eigenvalue weighted by atomic mass is 10.1. The molecular weight excluding hydrogens is 480 g/mol. The fourth-order valence-corrected chi connectivity index (χ4v) is 5.34. The number of aryl methyl sites for hydroxylation is 1. The van der Waals surface area contributed by atoms with Crippen LogP contribution in [0.5, 0.6) is 0 Å². The summed E-state index contributed by atoms with van der Waals surface area (Å²) in [7, 11) is 0. The molecule has 3 aromatic rings. The number of carbonyl (C=O) groups excluding carboxylic acids is 2. The van der Waals surface area contributed by atoms with E-state index in [9.17, 15) is 14.4 Å². The van der Waals surface area contributed by atoms with Crippen molar-refractivity contribution >= 4 is 56.2 Å². The zero-order chi connectivity index (χ0) is 22.1. The van der Waals surface area contributed by atoms with Gasteiger partial charge in [0.2, 0.25) is 11.3 Å². The highest BCUT2D eigenvalue weighted by atomic mass is 79.9. The fraction of sp³-hybridized carbons (Fsp3) is 0.261. The highest BCUT2D eigenvalue weighted by Gasteiger charge is 2.34. The normalized spacial score (nSPS) is 16.2. The van der Waals surface area contributed by atoms with Gasteiger partial charge in [0.1, 0.15) is 10.9 Å². The van der Waals surface area contributed by atoms with Crippen molar-refractivity contribution in [2.75, 3.05) is 17.3 Å². The summed E-state index contributed by atoms with van der Waals surface area (Å²) in [5.74, 6) is -0.221. The fourth-order valence-electron chi connectivity index (χ4n) is 3.75. The number of hydrogen-bond donors (Lipinski definition) is 0. The van der Waals surface area contributed by atoms with Gasteiger partial charge >= 0.3 is 5.97 Å². The Morgan fingerprint density at radius 1 is 1.19 bits per heavy atom. The lowest BCUT2D eigenvalue weighted by Gasteiger charge is -2.25. The van der Waals surface area contributed by atoms with Gasteiger partial charge in [-0.25, -0.2) is 4.79 Å². The molecule has 0 N–H and O–H groups in total. The number of aromatic nitrogens is 1. The van der Waals surface area contributed by atoms with Crippen LogP contribution in [0.4, 0.5) is 5.69 Å². The van der Waals surface area contributed by atoms with Crippen molar-refractivity contribution in [3.8, 4) is 0 Å². The first-order valence-electron chi connectivity index (χ1n) is 9.98. The average molecular weight is 501 g/mol. The van der Waals surface area contributed by atoms with Crippen LogP contribution in [0, 0.1) is 0 Å². The molecular formula is C23H21BrN2O4S. The molecule has 0 saturated carbocycles. The number of ether oxygens (including phenoxy) is 1. The van der Waals surface area contributed by atoms with Crippen molar-refractivity contribution in [1.29, 1.82) is 0 Å². The topological polar surface area (TPSA) is 68.6 Å². The first-order chi connectivity index (χ1) is 14.9. The Morgan fingerprint density at radius 2 is 2.00 bits per heavy atom. The molecule has 1 atom stereocenters. The van der Waals surface area contributed by atoms with Crippen LogP contribution < -0.4 is 10.3 Å². The minimum Gasteiger partial charge on any atom is -0.462 e. The van der Waals surface area contributed by atoms with Crippen LogP contribution in [-0.2, 0) is 16.1 Å². The Hall–Kier alpha value is -2.58. The number of halogens is 1. The van der Waals surface area contributed by atoms with Gasteiger partial charge in [0.25, 0.3) is 0 Å². The molecule has 1 amide bonds. The first-order valence-corrected chi connectivity index (χ1v) is 11.8. The van der Waals surface area contributed by atoms with Crippen LogP contribution in [0.15, 0.2) is 57.9 Å². The third-order valence-corrected chi connectivity index (χ3v) is 6.89. The predicted octanol–water partition coefficient (Wildman–Crippen LogP) is 4.74. The molecule has 0 aliphatic carbocycles. The summed E-state index contributed by atoms with van der Waals surface area (Å²) in [5.41, 5.74) is 2.07. The monoisotopic (exact) mass is 500 g/mol. The van der Waals surface area contributed by atoms with Gasteiger partial charge in [-0.3, -0.25) is 14.5 Å². The standard InChI is InChI=1S/C23H21BrN2O4S/c1-3-25-12-18(23(29)30-4-2)21(28)17-9-8-16(11-19(17)25)26-20(27)13-31-22(26)14-6-5-7-15(24)10-14/h5-12,22H,3-4,13H2,1-2H3. The van der Waals surface area contributed by atoms with Gasteiger partial charge in [0.15, 0.2) is 0 Å². The molecule has 1 unspecified atom stereocenters. The average Bonchev–Trinajstić information content (AvgIpc) is 3.15. The van der Waals surface area contributed by atoms with E-state index in [1.54, 1.807) is 41.9 Å². The summed E-state index contributed by atoms with van der Waals surface area (Å²) < 4.78 is 7.83. The Bertz CT molecular complexity index is 1240. The number of thioether (sulfide) groups is 1. The largest absolute Gasteiger partial charge is 0.462 e. The van der Waals surface area contributed by atoms with Gasteiger partial charge in [0.05, 0.1) is 17.9 Å². The zero-order valence-electron chi connectivity index (χ0n) is 17.1. The van der Waals surface area contributed by atoms with Crippen molar-refractivity contribution in [3.63, 3.8) is 0 Å². The SMILES string of the molecule is CCOC(=O)c1cn(CC)c2cc(N3C(=O)CSC3c3cccc(Br)c3)ccc2c1=O. The number of hydrogen-bond acceptors (Lipinski definition) is 5. The van der Waals surface area contributed by atoms with E-state index in [4.69, 9.17) is 4.74 Å². The first kappa shape index (κ1) is 21.6. The molecule has 8 heteroatoms. The van der Waals surface area contributed by atoms with E-state index in [1.165, 1.54) is 0 Å². The second kappa shape index (κ2) is 8.88.